The van der Waals surface area contributed by atoms with E-state index in [0.29, 0.717) is 39.5 Å². The van der Waals surface area contributed by atoms with Gasteiger partial charge in [-0.3, -0.25) is 4.98 Å². The highest BCUT2D eigenvalue weighted by molar-refractivity contribution is 5.85. The average Bonchev–Trinajstić information content (AvgIpc) is 2.61. The minimum absolute atomic E-state index is 0. The highest BCUT2D eigenvalue weighted by Crippen LogP contribution is 2.13. The van der Waals surface area contributed by atoms with Gasteiger partial charge in [0.2, 0.25) is 0 Å². The summed E-state index contributed by atoms with van der Waals surface area (Å²) >= 11 is 0. The predicted octanol–water partition coefficient (Wildman–Crippen LogP) is 1.03. The number of rotatable bonds is 3. The number of ether oxygens (including phenoxy) is 2. The molecule has 0 aromatic carbocycles. The molecule has 2 fully saturated rings. The van der Waals surface area contributed by atoms with Crippen LogP contribution in [-0.4, -0.2) is 79.4 Å². The molecule has 2 amide bonds. The molecule has 1 aromatic rings. The van der Waals surface area contributed by atoms with Crippen LogP contribution < -0.4 is 10.1 Å². The second-order valence-electron chi connectivity index (χ2n) is 5.43. The molecule has 2 aliphatic rings. The van der Waals surface area contributed by atoms with Gasteiger partial charge in [-0.25, -0.2) is 4.79 Å². The van der Waals surface area contributed by atoms with Gasteiger partial charge < -0.3 is 24.6 Å². The van der Waals surface area contributed by atoms with Gasteiger partial charge >= 0.3 is 6.03 Å². The summed E-state index contributed by atoms with van der Waals surface area (Å²) in [6.07, 6.45) is 3.40. The molecule has 2 aliphatic heterocycles. The molecule has 3 rings (SSSR count). The van der Waals surface area contributed by atoms with Crippen molar-refractivity contribution in [3.05, 3.63) is 24.5 Å². The largest absolute Gasteiger partial charge is 0.490 e. The molecular weight excluding hydrogens is 355 g/mol. The first kappa shape index (κ1) is 20.8. The molecule has 3 heterocycles. The Labute approximate surface area is 154 Å². The maximum absolute atomic E-state index is 12.7. The first-order valence-corrected chi connectivity index (χ1v) is 7.71. The summed E-state index contributed by atoms with van der Waals surface area (Å²) < 4.78 is 11.1. The molecule has 24 heavy (non-hydrogen) atoms. The molecule has 0 radical (unpaired) electrons. The summed E-state index contributed by atoms with van der Waals surface area (Å²) in [5.74, 6) is 0.729. The lowest BCUT2D eigenvalue weighted by atomic mass is 10.2. The minimum atomic E-state index is 0. The monoisotopic (exact) mass is 378 g/mol. The first-order chi connectivity index (χ1) is 10.8. The first-order valence-electron chi connectivity index (χ1n) is 7.71. The van der Waals surface area contributed by atoms with Crippen LogP contribution in [0.25, 0.3) is 0 Å². The van der Waals surface area contributed by atoms with Crippen molar-refractivity contribution >= 4 is 30.8 Å². The molecule has 0 aliphatic carbocycles. The van der Waals surface area contributed by atoms with Crippen LogP contribution in [0.1, 0.15) is 0 Å². The topological polar surface area (TPSA) is 66.9 Å². The Morgan fingerprint density at radius 1 is 1.33 bits per heavy atom. The number of pyridine rings is 1. The third kappa shape index (κ3) is 5.37. The smallest absolute Gasteiger partial charge is 0.320 e. The second-order valence-corrected chi connectivity index (χ2v) is 5.43. The van der Waals surface area contributed by atoms with Crippen LogP contribution in [-0.2, 0) is 4.74 Å². The Bertz CT molecular complexity index is 489. The van der Waals surface area contributed by atoms with Gasteiger partial charge in [0.05, 0.1) is 25.5 Å². The molecular formula is C15H24Cl2N4O3. The lowest BCUT2D eigenvalue weighted by molar-refractivity contribution is 0.0330. The van der Waals surface area contributed by atoms with Crippen molar-refractivity contribution in [3.63, 3.8) is 0 Å². The van der Waals surface area contributed by atoms with Crippen LogP contribution in [0.4, 0.5) is 4.79 Å². The molecule has 1 aromatic heterocycles. The molecule has 1 N–H and O–H groups in total. The normalized spacial score (nSPS) is 20.6. The van der Waals surface area contributed by atoms with E-state index >= 15 is 0 Å². The summed E-state index contributed by atoms with van der Waals surface area (Å²) in [6.45, 7) is 5.31. The molecule has 136 valence electrons. The van der Waals surface area contributed by atoms with Gasteiger partial charge in [-0.2, -0.15) is 0 Å². The number of carbonyl (C=O) groups excluding carboxylic acids is 1. The van der Waals surface area contributed by atoms with Crippen LogP contribution in [0.15, 0.2) is 24.5 Å². The SMILES string of the molecule is Cl.Cl.O=C(N1CCOCC1)N1CCNCC1COc1cccnc1. The van der Waals surface area contributed by atoms with Gasteiger partial charge in [0.25, 0.3) is 0 Å². The van der Waals surface area contributed by atoms with Crippen LogP contribution in [0.2, 0.25) is 0 Å². The molecule has 1 atom stereocenters. The third-order valence-corrected chi connectivity index (χ3v) is 3.95. The van der Waals surface area contributed by atoms with Crippen LogP contribution in [0, 0.1) is 0 Å². The van der Waals surface area contributed by atoms with Crippen molar-refractivity contribution in [3.8, 4) is 5.75 Å². The summed E-state index contributed by atoms with van der Waals surface area (Å²) in [7, 11) is 0. The van der Waals surface area contributed by atoms with Gasteiger partial charge in [0, 0.05) is 38.9 Å². The lowest BCUT2D eigenvalue weighted by Crippen LogP contribution is -2.60. The zero-order valence-corrected chi connectivity index (χ0v) is 15.1. The van der Waals surface area contributed by atoms with Crippen molar-refractivity contribution in [2.45, 2.75) is 6.04 Å². The number of halogens is 2. The molecule has 7 nitrogen and oxygen atoms in total. The van der Waals surface area contributed by atoms with Gasteiger partial charge in [0.15, 0.2) is 0 Å². The predicted molar refractivity (Wildman–Crippen MR) is 95.4 cm³/mol. The van der Waals surface area contributed by atoms with E-state index in [1.807, 2.05) is 21.9 Å². The second kappa shape index (κ2) is 10.6. The fourth-order valence-electron chi connectivity index (χ4n) is 2.72. The lowest BCUT2D eigenvalue weighted by Gasteiger charge is -2.40. The van der Waals surface area contributed by atoms with Gasteiger partial charge in [-0.1, -0.05) is 0 Å². The summed E-state index contributed by atoms with van der Waals surface area (Å²) in [5, 5.41) is 3.33. The number of nitrogens with zero attached hydrogens (tertiary/aromatic N) is 3. The zero-order valence-electron chi connectivity index (χ0n) is 13.4. The number of amides is 2. The van der Waals surface area contributed by atoms with E-state index in [2.05, 4.69) is 10.3 Å². The Morgan fingerprint density at radius 2 is 2.12 bits per heavy atom. The maximum Gasteiger partial charge on any atom is 0.320 e. The zero-order chi connectivity index (χ0) is 15.2. The van der Waals surface area contributed by atoms with Gasteiger partial charge in [-0.05, 0) is 12.1 Å². The number of piperazine rings is 1. The summed E-state index contributed by atoms with van der Waals surface area (Å²) in [6, 6.07) is 3.83. The van der Waals surface area contributed by atoms with E-state index in [9.17, 15) is 4.79 Å². The summed E-state index contributed by atoms with van der Waals surface area (Å²) in [5.41, 5.74) is 0. The van der Waals surface area contributed by atoms with Crippen molar-refractivity contribution in [2.24, 2.45) is 0 Å². The Morgan fingerprint density at radius 3 is 2.83 bits per heavy atom. The number of carbonyl (C=O) groups is 1. The summed E-state index contributed by atoms with van der Waals surface area (Å²) in [4.78, 5) is 20.5. The molecule has 0 spiro atoms. The van der Waals surface area contributed by atoms with Crippen LogP contribution in [0.3, 0.4) is 0 Å². The number of hydrogen-bond acceptors (Lipinski definition) is 5. The molecule has 1 unspecified atom stereocenters. The average molecular weight is 379 g/mol. The van der Waals surface area contributed by atoms with E-state index in [1.54, 1.807) is 12.4 Å². The van der Waals surface area contributed by atoms with Crippen molar-refractivity contribution in [2.75, 3.05) is 52.5 Å². The van der Waals surface area contributed by atoms with E-state index in [4.69, 9.17) is 9.47 Å². The number of morpholine rings is 1. The molecule has 9 heteroatoms. The van der Waals surface area contributed by atoms with Gasteiger partial charge in [-0.15, -0.1) is 24.8 Å². The Balaban J connectivity index is 0.00000144. The van der Waals surface area contributed by atoms with E-state index in [-0.39, 0.29) is 36.9 Å². The highest BCUT2D eigenvalue weighted by atomic mass is 35.5. The number of urea groups is 1. The maximum atomic E-state index is 12.7. The van der Waals surface area contributed by atoms with Crippen molar-refractivity contribution in [1.82, 2.24) is 20.1 Å². The fourth-order valence-corrected chi connectivity index (χ4v) is 2.72. The van der Waals surface area contributed by atoms with Crippen molar-refractivity contribution < 1.29 is 14.3 Å². The standard InChI is InChI=1S/C15H22N4O3.2ClH/c20-15(18-6-8-21-9-7-18)19-5-4-17-10-13(19)12-22-14-2-1-3-16-11-14;;/h1-3,11,13,17H,4-10,12H2;2*1H. The highest BCUT2D eigenvalue weighted by Gasteiger charge is 2.31. The van der Waals surface area contributed by atoms with E-state index < -0.39 is 0 Å². The Kier molecular flexibility index (Phi) is 9.13. The van der Waals surface area contributed by atoms with Gasteiger partial charge in [0.1, 0.15) is 12.4 Å². The minimum Gasteiger partial charge on any atom is -0.490 e. The number of nitrogens with one attached hydrogen (secondary N) is 1. The fraction of sp³-hybridized carbons (Fsp3) is 0.600. The Hall–Kier alpha value is -1.28. The number of hydrogen-bond donors (Lipinski definition) is 1. The van der Waals surface area contributed by atoms with Crippen LogP contribution in [0.5, 0.6) is 5.75 Å². The van der Waals surface area contributed by atoms with Crippen LogP contribution >= 0.6 is 24.8 Å². The van der Waals surface area contributed by atoms with E-state index in [0.717, 1.165) is 18.8 Å². The molecule has 0 saturated carbocycles. The quantitative estimate of drug-likeness (QED) is 0.850. The van der Waals surface area contributed by atoms with E-state index in [1.165, 1.54) is 0 Å². The third-order valence-electron chi connectivity index (χ3n) is 3.95. The van der Waals surface area contributed by atoms with Crippen molar-refractivity contribution in [1.29, 1.82) is 0 Å². The molecule has 2 saturated heterocycles. The molecule has 0 bridgehead atoms. The number of aromatic nitrogens is 1.